The van der Waals surface area contributed by atoms with E-state index in [-0.39, 0.29) is 23.3 Å². The molecule has 6 rings (SSSR count). The average Bonchev–Trinajstić information content (AvgIpc) is 3.02. The van der Waals surface area contributed by atoms with Gasteiger partial charge in [-0.2, -0.15) is 0 Å². The van der Waals surface area contributed by atoms with E-state index in [2.05, 4.69) is 18.3 Å². The quantitative estimate of drug-likeness (QED) is 0.883. The third-order valence-electron chi connectivity index (χ3n) is 7.59. The molecule has 4 bridgehead atoms. The van der Waals surface area contributed by atoms with Crippen LogP contribution in [0, 0.1) is 23.7 Å². The van der Waals surface area contributed by atoms with Gasteiger partial charge in [-0.3, -0.25) is 9.59 Å². The topological polar surface area (TPSA) is 49.4 Å². The highest BCUT2D eigenvalue weighted by Crippen LogP contribution is 2.55. The predicted octanol–water partition coefficient (Wildman–Crippen LogP) is 3.69. The number of carbonyl (C=O) groups is 2. The molecule has 5 fully saturated rings. The molecule has 1 aromatic carbocycles. The van der Waals surface area contributed by atoms with E-state index in [4.69, 9.17) is 0 Å². The Balaban J connectivity index is 1.30. The molecular formula is C23H30N2O2. The van der Waals surface area contributed by atoms with Crippen molar-refractivity contribution in [2.45, 2.75) is 63.8 Å². The molecule has 1 N–H and O–H groups in total. The third kappa shape index (κ3) is 2.97. The Bertz CT molecular complexity index is 736. The lowest BCUT2D eigenvalue weighted by molar-refractivity contribution is -0.131. The fraction of sp³-hybridized carbons (Fsp3) is 0.652. The molecule has 4 nitrogen and oxygen atoms in total. The molecule has 0 radical (unpaired) electrons. The first-order valence-corrected chi connectivity index (χ1v) is 10.8. The molecule has 4 aliphatic carbocycles. The van der Waals surface area contributed by atoms with Crippen LogP contribution in [0.3, 0.4) is 0 Å². The second-order valence-corrected chi connectivity index (χ2v) is 9.57. The number of aryl methyl sites for hydroxylation is 1. The molecule has 1 unspecified atom stereocenters. The van der Waals surface area contributed by atoms with Gasteiger partial charge < -0.3 is 10.2 Å². The lowest BCUT2D eigenvalue weighted by atomic mass is 9.53. The van der Waals surface area contributed by atoms with Crippen molar-refractivity contribution in [2.24, 2.45) is 23.7 Å². The van der Waals surface area contributed by atoms with Crippen LogP contribution in [0.5, 0.6) is 0 Å². The molecule has 1 atom stereocenters. The molecule has 1 heterocycles. The van der Waals surface area contributed by atoms with Gasteiger partial charge in [-0.25, -0.2) is 0 Å². The summed E-state index contributed by atoms with van der Waals surface area (Å²) in [7, 11) is 0. The molecule has 144 valence electrons. The van der Waals surface area contributed by atoms with E-state index in [1.807, 2.05) is 23.1 Å². The fourth-order valence-corrected chi connectivity index (χ4v) is 6.82. The normalized spacial score (nSPS) is 37.1. The first kappa shape index (κ1) is 17.3. The molecule has 0 aromatic heterocycles. The Morgan fingerprint density at radius 1 is 1.11 bits per heavy atom. The highest BCUT2D eigenvalue weighted by atomic mass is 16.2. The Labute approximate surface area is 161 Å². The molecule has 2 amide bonds. The minimum Gasteiger partial charge on any atom is -0.350 e. The van der Waals surface area contributed by atoms with Crippen molar-refractivity contribution >= 4 is 17.5 Å². The molecule has 27 heavy (non-hydrogen) atoms. The minimum atomic E-state index is -0.213. The number of amides is 2. The van der Waals surface area contributed by atoms with Crippen LogP contribution >= 0.6 is 0 Å². The number of nitrogens with zero attached hydrogens (tertiary/aromatic N) is 1. The van der Waals surface area contributed by atoms with Crippen LogP contribution in [0.1, 0.15) is 57.4 Å². The Morgan fingerprint density at radius 3 is 2.37 bits per heavy atom. The van der Waals surface area contributed by atoms with Gasteiger partial charge in [0, 0.05) is 24.2 Å². The zero-order chi connectivity index (χ0) is 18.6. The molecule has 1 aromatic rings. The highest BCUT2D eigenvalue weighted by molar-refractivity contribution is 6.01. The van der Waals surface area contributed by atoms with Crippen LogP contribution in [0.15, 0.2) is 24.3 Å². The summed E-state index contributed by atoms with van der Waals surface area (Å²) < 4.78 is 0. The minimum absolute atomic E-state index is 0.0314. The van der Waals surface area contributed by atoms with Gasteiger partial charge in [-0.15, -0.1) is 0 Å². The zero-order valence-electron chi connectivity index (χ0n) is 16.2. The molecular weight excluding hydrogens is 336 g/mol. The van der Waals surface area contributed by atoms with Gasteiger partial charge >= 0.3 is 0 Å². The van der Waals surface area contributed by atoms with E-state index in [0.717, 1.165) is 49.1 Å². The fourth-order valence-electron chi connectivity index (χ4n) is 6.82. The van der Waals surface area contributed by atoms with Gasteiger partial charge in [0.1, 0.15) is 0 Å². The lowest BCUT2D eigenvalue weighted by Gasteiger charge is -2.57. The van der Waals surface area contributed by atoms with Gasteiger partial charge in [0.25, 0.3) is 0 Å². The third-order valence-corrected chi connectivity index (χ3v) is 7.59. The van der Waals surface area contributed by atoms with Crippen LogP contribution in [0.2, 0.25) is 0 Å². The summed E-state index contributed by atoms with van der Waals surface area (Å²) in [5.41, 5.74) is 2.19. The van der Waals surface area contributed by atoms with Gasteiger partial charge in [0.15, 0.2) is 0 Å². The summed E-state index contributed by atoms with van der Waals surface area (Å²) in [6, 6.07) is 8.08. The highest BCUT2D eigenvalue weighted by Gasteiger charge is 2.52. The van der Waals surface area contributed by atoms with Crippen molar-refractivity contribution in [3.63, 3.8) is 0 Å². The standard InChI is InChI=1S/C23H30N2O2/c1-2-18-5-3-4-6-20(18)25-14-19(10-21(25)26)22(27)24-23-11-15-7-16(12-23)9-17(8-15)13-23/h3-6,15-17,19H,2,7-14H2,1H3,(H,24,27). The van der Waals surface area contributed by atoms with Crippen LogP contribution < -0.4 is 10.2 Å². The van der Waals surface area contributed by atoms with E-state index < -0.39 is 0 Å². The van der Waals surface area contributed by atoms with Gasteiger partial charge in [-0.05, 0) is 74.3 Å². The number of carbonyl (C=O) groups excluding carboxylic acids is 2. The van der Waals surface area contributed by atoms with Gasteiger partial charge in [-0.1, -0.05) is 25.1 Å². The summed E-state index contributed by atoms with van der Waals surface area (Å²) >= 11 is 0. The summed E-state index contributed by atoms with van der Waals surface area (Å²) in [6.45, 7) is 2.63. The molecule has 1 aliphatic heterocycles. The number of hydrogen-bond acceptors (Lipinski definition) is 2. The van der Waals surface area contributed by atoms with Crippen LogP contribution in [-0.4, -0.2) is 23.9 Å². The van der Waals surface area contributed by atoms with Crippen LogP contribution in [-0.2, 0) is 16.0 Å². The first-order valence-electron chi connectivity index (χ1n) is 10.8. The van der Waals surface area contributed by atoms with Crippen molar-refractivity contribution in [1.82, 2.24) is 5.32 Å². The monoisotopic (exact) mass is 366 g/mol. The van der Waals surface area contributed by atoms with E-state index in [1.54, 1.807) is 0 Å². The molecule has 1 saturated heterocycles. The van der Waals surface area contributed by atoms with Crippen LogP contribution in [0.4, 0.5) is 5.69 Å². The first-order chi connectivity index (χ1) is 13.0. The largest absolute Gasteiger partial charge is 0.350 e. The van der Waals surface area contributed by atoms with Crippen molar-refractivity contribution in [3.05, 3.63) is 29.8 Å². The van der Waals surface area contributed by atoms with E-state index in [0.29, 0.717) is 13.0 Å². The predicted molar refractivity (Wildman–Crippen MR) is 105 cm³/mol. The summed E-state index contributed by atoms with van der Waals surface area (Å²) in [5, 5.41) is 3.47. The van der Waals surface area contributed by atoms with Crippen molar-refractivity contribution in [2.75, 3.05) is 11.4 Å². The zero-order valence-corrected chi connectivity index (χ0v) is 16.2. The van der Waals surface area contributed by atoms with Crippen molar-refractivity contribution < 1.29 is 9.59 Å². The Kier molecular flexibility index (Phi) is 4.06. The Hall–Kier alpha value is -1.84. The van der Waals surface area contributed by atoms with E-state index in [1.165, 1.54) is 24.8 Å². The molecule has 5 aliphatic rings. The summed E-state index contributed by atoms with van der Waals surface area (Å²) in [4.78, 5) is 27.6. The van der Waals surface area contributed by atoms with Crippen LogP contribution in [0.25, 0.3) is 0 Å². The molecule has 4 saturated carbocycles. The SMILES string of the molecule is CCc1ccccc1N1CC(C(=O)NC23CC4CC(CC(C4)C2)C3)CC1=O. The number of benzene rings is 1. The maximum atomic E-state index is 13.1. The number of anilines is 1. The maximum Gasteiger partial charge on any atom is 0.227 e. The second-order valence-electron chi connectivity index (χ2n) is 9.57. The van der Waals surface area contributed by atoms with Gasteiger partial charge in [0.05, 0.1) is 5.92 Å². The molecule has 0 spiro atoms. The number of nitrogens with one attached hydrogen (secondary N) is 1. The van der Waals surface area contributed by atoms with Crippen molar-refractivity contribution in [3.8, 4) is 0 Å². The number of rotatable bonds is 4. The number of hydrogen-bond donors (Lipinski definition) is 1. The smallest absolute Gasteiger partial charge is 0.227 e. The maximum absolute atomic E-state index is 13.1. The average molecular weight is 367 g/mol. The van der Waals surface area contributed by atoms with E-state index in [9.17, 15) is 9.59 Å². The Morgan fingerprint density at radius 2 is 1.74 bits per heavy atom. The summed E-state index contributed by atoms with van der Waals surface area (Å²) in [5.74, 6) is 2.43. The van der Waals surface area contributed by atoms with Crippen molar-refractivity contribution in [1.29, 1.82) is 0 Å². The van der Waals surface area contributed by atoms with Gasteiger partial charge in [0.2, 0.25) is 11.8 Å². The molecule has 4 heteroatoms. The van der Waals surface area contributed by atoms with E-state index >= 15 is 0 Å². The second kappa shape index (κ2) is 6.35. The summed E-state index contributed by atoms with van der Waals surface area (Å²) in [6.07, 6.45) is 8.84. The number of para-hydroxylation sites is 1. The lowest BCUT2D eigenvalue weighted by Crippen LogP contribution is -2.60.